The monoisotopic (exact) mass is 261 g/mol. The maximum absolute atomic E-state index is 12.3. The van der Waals surface area contributed by atoms with Crippen LogP contribution in [0.5, 0.6) is 0 Å². The highest BCUT2D eigenvalue weighted by atomic mass is 16.1. The summed E-state index contributed by atoms with van der Waals surface area (Å²) in [6.45, 7) is 3.01. The van der Waals surface area contributed by atoms with Gasteiger partial charge >= 0.3 is 0 Å². The molecular formula is C15H23N3O. The third kappa shape index (κ3) is 2.89. The van der Waals surface area contributed by atoms with Crippen LogP contribution in [-0.4, -0.2) is 27.6 Å². The zero-order chi connectivity index (χ0) is 13.2. The van der Waals surface area contributed by atoms with Crippen LogP contribution in [0.15, 0.2) is 12.4 Å². The Labute approximate surface area is 114 Å². The zero-order valence-corrected chi connectivity index (χ0v) is 11.6. The number of piperidine rings is 1. The van der Waals surface area contributed by atoms with Gasteiger partial charge in [-0.3, -0.25) is 9.48 Å². The van der Waals surface area contributed by atoms with Crippen LogP contribution in [0, 0.1) is 5.92 Å². The molecule has 2 aliphatic rings. The van der Waals surface area contributed by atoms with Crippen LogP contribution >= 0.6 is 0 Å². The second kappa shape index (κ2) is 5.45. The summed E-state index contributed by atoms with van der Waals surface area (Å²) in [6, 6.07) is 1.33. The van der Waals surface area contributed by atoms with Crippen LogP contribution in [0.4, 0.5) is 0 Å². The van der Waals surface area contributed by atoms with Crippen molar-refractivity contribution in [2.45, 2.75) is 64.1 Å². The van der Waals surface area contributed by atoms with Gasteiger partial charge < -0.3 is 5.32 Å². The van der Waals surface area contributed by atoms with Crippen LogP contribution in [0.25, 0.3) is 0 Å². The first-order chi connectivity index (χ1) is 9.24. The second-order valence-corrected chi connectivity index (χ2v) is 6.09. The Balaban J connectivity index is 1.58. The molecule has 1 aromatic heterocycles. The van der Waals surface area contributed by atoms with Crippen molar-refractivity contribution in [2.75, 3.05) is 0 Å². The predicted octanol–water partition coefficient (Wildman–Crippen LogP) is 2.40. The van der Waals surface area contributed by atoms with E-state index in [0.717, 1.165) is 18.5 Å². The van der Waals surface area contributed by atoms with Gasteiger partial charge in [0.15, 0.2) is 5.78 Å². The van der Waals surface area contributed by atoms with Gasteiger partial charge in [-0.15, -0.1) is 0 Å². The van der Waals surface area contributed by atoms with Crippen molar-refractivity contribution in [3.63, 3.8) is 0 Å². The number of ketones is 1. The first kappa shape index (κ1) is 12.9. The molecule has 4 heteroatoms. The Morgan fingerprint density at radius 2 is 2.16 bits per heavy atom. The summed E-state index contributed by atoms with van der Waals surface area (Å²) in [6.07, 6.45) is 10.3. The van der Waals surface area contributed by atoms with Crippen molar-refractivity contribution >= 4 is 5.78 Å². The van der Waals surface area contributed by atoms with Crippen LogP contribution < -0.4 is 5.32 Å². The minimum Gasteiger partial charge on any atom is -0.311 e. The van der Waals surface area contributed by atoms with E-state index < -0.39 is 0 Å². The number of nitrogens with zero attached hydrogens (tertiary/aromatic N) is 2. The normalized spacial score (nSPS) is 29.6. The van der Waals surface area contributed by atoms with Crippen molar-refractivity contribution < 1.29 is 4.79 Å². The van der Waals surface area contributed by atoms with Crippen LogP contribution in [-0.2, 0) is 6.54 Å². The van der Waals surface area contributed by atoms with Crippen molar-refractivity contribution in [2.24, 2.45) is 5.92 Å². The lowest BCUT2D eigenvalue weighted by Crippen LogP contribution is -2.38. The lowest BCUT2D eigenvalue weighted by Gasteiger charge is -2.28. The van der Waals surface area contributed by atoms with Crippen LogP contribution in [0.1, 0.15) is 55.8 Å². The molecule has 2 unspecified atom stereocenters. The number of aryl methyl sites for hydroxylation is 1. The lowest BCUT2D eigenvalue weighted by atomic mass is 9.87. The molecule has 1 N–H and O–H groups in total. The molecule has 0 saturated carbocycles. The number of rotatable bonds is 5. The van der Waals surface area contributed by atoms with Crippen molar-refractivity contribution in [3.8, 4) is 0 Å². The molecular weight excluding hydrogens is 238 g/mol. The standard InChI is InChI=1S/C15H23N3O/c1-2-5-18-10-12(9-16-18)15(19)8-11-6-13-3-4-14(7-11)17-13/h9-11,13-14,17H,2-8H2,1H3. The van der Waals surface area contributed by atoms with Gasteiger partial charge in [0, 0.05) is 31.2 Å². The Kier molecular flexibility index (Phi) is 3.69. The molecule has 4 nitrogen and oxygen atoms in total. The van der Waals surface area contributed by atoms with Crippen molar-refractivity contribution in [3.05, 3.63) is 18.0 Å². The number of fused-ring (bicyclic) bond motifs is 2. The predicted molar refractivity (Wildman–Crippen MR) is 74.1 cm³/mol. The average molecular weight is 261 g/mol. The first-order valence-electron chi connectivity index (χ1n) is 7.56. The number of carbonyl (C=O) groups is 1. The number of carbonyl (C=O) groups excluding carboxylic acids is 1. The average Bonchev–Trinajstić information content (AvgIpc) is 2.97. The third-order valence-corrected chi connectivity index (χ3v) is 4.45. The summed E-state index contributed by atoms with van der Waals surface area (Å²) >= 11 is 0. The minimum atomic E-state index is 0.272. The van der Waals surface area contributed by atoms with E-state index in [1.165, 1.54) is 25.7 Å². The highest BCUT2D eigenvalue weighted by Gasteiger charge is 2.34. The van der Waals surface area contributed by atoms with Gasteiger partial charge in [0.2, 0.25) is 0 Å². The minimum absolute atomic E-state index is 0.272. The highest BCUT2D eigenvalue weighted by Crippen LogP contribution is 2.33. The fraction of sp³-hybridized carbons (Fsp3) is 0.733. The molecule has 3 rings (SSSR count). The molecule has 0 aliphatic carbocycles. The van der Waals surface area contributed by atoms with E-state index in [0.29, 0.717) is 24.4 Å². The number of Topliss-reactive ketones (excluding diaryl/α,β-unsaturated/α-hetero) is 1. The van der Waals surface area contributed by atoms with Crippen LogP contribution in [0.2, 0.25) is 0 Å². The summed E-state index contributed by atoms with van der Waals surface area (Å²) in [5, 5.41) is 7.87. The molecule has 2 fully saturated rings. The van der Waals surface area contributed by atoms with Crippen LogP contribution in [0.3, 0.4) is 0 Å². The third-order valence-electron chi connectivity index (χ3n) is 4.45. The Morgan fingerprint density at radius 1 is 1.42 bits per heavy atom. The summed E-state index contributed by atoms with van der Waals surface area (Å²) in [5.74, 6) is 0.842. The topological polar surface area (TPSA) is 46.9 Å². The number of hydrogen-bond donors (Lipinski definition) is 1. The van der Waals surface area contributed by atoms with Gasteiger partial charge in [0.25, 0.3) is 0 Å². The molecule has 0 aromatic carbocycles. The summed E-state index contributed by atoms with van der Waals surface area (Å²) in [4.78, 5) is 12.3. The SMILES string of the molecule is CCCn1cc(C(=O)CC2CC3CCC(C2)N3)cn1. The van der Waals surface area contributed by atoms with E-state index in [1.807, 2.05) is 10.9 Å². The molecule has 2 atom stereocenters. The number of hydrogen-bond acceptors (Lipinski definition) is 3. The molecule has 19 heavy (non-hydrogen) atoms. The van der Waals surface area contributed by atoms with Crippen molar-refractivity contribution in [1.29, 1.82) is 0 Å². The van der Waals surface area contributed by atoms with Gasteiger partial charge in [-0.2, -0.15) is 5.10 Å². The van der Waals surface area contributed by atoms with Gasteiger partial charge in [-0.25, -0.2) is 0 Å². The molecule has 104 valence electrons. The first-order valence-corrected chi connectivity index (χ1v) is 7.56. The maximum atomic E-state index is 12.3. The van der Waals surface area contributed by atoms with Gasteiger partial charge in [0.1, 0.15) is 0 Å². The number of nitrogens with one attached hydrogen (secondary N) is 1. The molecule has 0 radical (unpaired) electrons. The summed E-state index contributed by atoms with van der Waals surface area (Å²) < 4.78 is 1.87. The zero-order valence-electron chi connectivity index (χ0n) is 11.6. The molecule has 2 aliphatic heterocycles. The molecule has 1 aromatic rings. The smallest absolute Gasteiger partial charge is 0.166 e. The fourth-order valence-electron chi connectivity index (χ4n) is 3.58. The summed E-state index contributed by atoms with van der Waals surface area (Å²) in [5.41, 5.74) is 0.791. The Bertz CT molecular complexity index is 442. The molecule has 3 heterocycles. The maximum Gasteiger partial charge on any atom is 0.166 e. The number of aromatic nitrogens is 2. The van der Waals surface area contributed by atoms with E-state index in [4.69, 9.17) is 0 Å². The molecule has 2 bridgehead atoms. The Morgan fingerprint density at radius 3 is 2.84 bits per heavy atom. The van der Waals surface area contributed by atoms with Gasteiger partial charge in [-0.1, -0.05) is 6.92 Å². The highest BCUT2D eigenvalue weighted by molar-refractivity contribution is 5.95. The van der Waals surface area contributed by atoms with Gasteiger partial charge in [0.05, 0.1) is 11.8 Å². The van der Waals surface area contributed by atoms with Crippen molar-refractivity contribution in [1.82, 2.24) is 15.1 Å². The van der Waals surface area contributed by atoms with E-state index >= 15 is 0 Å². The Hall–Kier alpha value is -1.16. The van der Waals surface area contributed by atoms with E-state index in [-0.39, 0.29) is 5.78 Å². The van der Waals surface area contributed by atoms with E-state index in [1.54, 1.807) is 6.20 Å². The second-order valence-electron chi connectivity index (χ2n) is 6.09. The lowest BCUT2D eigenvalue weighted by molar-refractivity contribution is 0.0945. The summed E-state index contributed by atoms with van der Waals surface area (Å²) in [7, 11) is 0. The molecule has 0 amide bonds. The largest absolute Gasteiger partial charge is 0.311 e. The van der Waals surface area contributed by atoms with Gasteiger partial charge in [-0.05, 0) is 38.0 Å². The van der Waals surface area contributed by atoms with E-state index in [9.17, 15) is 4.79 Å². The molecule has 2 saturated heterocycles. The quantitative estimate of drug-likeness (QED) is 0.828. The molecule has 0 spiro atoms. The fourth-order valence-corrected chi connectivity index (χ4v) is 3.58. The van der Waals surface area contributed by atoms with E-state index in [2.05, 4.69) is 17.3 Å².